The van der Waals surface area contributed by atoms with E-state index in [0.717, 1.165) is 19.3 Å². The van der Waals surface area contributed by atoms with Gasteiger partial charge in [-0.05, 0) is 19.3 Å². The average Bonchev–Trinajstić information content (AvgIpc) is 2.15. The Bertz CT molecular complexity index is 241. The second-order valence-electron chi connectivity index (χ2n) is 4.21. The van der Waals surface area contributed by atoms with Crippen LogP contribution in [0.2, 0.25) is 0 Å². The van der Waals surface area contributed by atoms with Crippen molar-refractivity contribution in [3.63, 3.8) is 0 Å². The molecule has 0 bridgehead atoms. The second kappa shape index (κ2) is 11.4. The summed E-state index contributed by atoms with van der Waals surface area (Å²) in [5.74, 6) is -2.85. The third-order valence-corrected chi connectivity index (χ3v) is 3.11. The molecule has 0 amide bonds. The molecule has 17 heavy (non-hydrogen) atoms. The van der Waals surface area contributed by atoms with E-state index in [0.29, 0.717) is 6.42 Å². The van der Waals surface area contributed by atoms with E-state index in [-0.39, 0.29) is 89.7 Å². The largest absolute Gasteiger partial charge is 1.00 e. The van der Waals surface area contributed by atoms with Crippen molar-refractivity contribution < 1.29 is 104 Å². The summed E-state index contributed by atoms with van der Waals surface area (Å²) >= 11 is 0. The number of hydrogen-bond acceptors (Lipinski definition) is 2. The molecule has 0 aliphatic heterocycles. The van der Waals surface area contributed by atoms with Crippen molar-refractivity contribution in [3.8, 4) is 0 Å². The number of carboxylic acid groups (broad SMARTS) is 2. The maximum absolute atomic E-state index is 11.0. The van der Waals surface area contributed by atoms with Crippen LogP contribution in [-0.2, 0) is 9.59 Å². The molecule has 1 atom stereocenters. The summed E-state index contributed by atoms with van der Waals surface area (Å²) in [4.78, 5) is 21.9. The van der Waals surface area contributed by atoms with Gasteiger partial charge >= 0.3 is 92.9 Å². The molecule has 2 N–H and O–H groups in total. The van der Waals surface area contributed by atoms with Crippen LogP contribution in [0.1, 0.15) is 49.3 Å². The number of rotatable bonds is 7. The van der Waals surface area contributed by atoms with Crippen molar-refractivity contribution >= 4 is 11.9 Å². The first-order valence-electron chi connectivity index (χ1n) is 5.34. The summed E-state index contributed by atoms with van der Waals surface area (Å²) in [6, 6.07) is 0. The molecular formula is C11H22KNaO4. The van der Waals surface area contributed by atoms with E-state index in [1.807, 2.05) is 0 Å². The summed E-state index contributed by atoms with van der Waals surface area (Å²) in [7, 11) is 0. The Morgan fingerprint density at radius 3 is 1.94 bits per heavy atom. The van der Waals surface area contributed by atoms with Crippen LogP contribution in [0.25, 0.3) is 0 Å². The van der Waals surface area contributed by atoms with Gasteiger partial charge in [-0.3, -0.25) is 9.59 Å². The van der Waals surface area contributed by atoms with Crippen LogP contribution in [-0.4, -0.2) is 22.2 Å². The fourth-order valence-corrected chi connectivity index (χ4v) is 1.50. The zero-order valence-corrected chi connectivity index (χ0v) is 16.7. The van der Waals surface area contributed by atoms with E-state index < -0.39 is 17.4 Å². The van der Waals surface area contributed by atoms with Gasteiger partial charge < -0.3 is 13.1 Å². The molecule has 0 radical (unpaired) electrons. The fraction of sp³-hybridized carbons (Fsp3) is 0.818. The molecule has 6 heteroatoms. The Balaban J connectivity index is -0.000000163. The standard InChI is InChI=1S/C11H20O4.K.Na.2H/c1-4-5-6-7-8(2)11(3,9(12)13)10(14)15;;;;/h8H,4-7H2,1-3H3,(H,12,13)(H,14,15);;;;/q;2*+1;2*-1. The first-order valence-corrected chi connectivity index (χ1v) is 5.34. The van der Waals surface area contributed by atoms with Crippen molar-refractivity contribution in [1.82, 2.24) is 0 Å². The maximum atomic E-state index is 11.0. The van der Waals surface area contributed by atoms with Crippen molar-refractivity contribution in [1.29, 1.82) is 0 Å². The average molecular weight is 280 g/mol. The molecule has 0 saturated carbocycles. The first-order chi connectivity index (χ1) is 6.87. The van der Waals surface area contributed by atoms with Gasteiger partial charge in [0.2, 0.25) is 0 Å². The topological polar surface area (TPSA) is 74.6 Å². The molecule has 92 valence electrons. The quantitative estimate of drug-likeness (QED) is 0.290. The van der Waals surface area contributed by atoms with Crippen molar-refractivity contribution in [3.05, 3.63) is 0 Å². The third kappa shape index (κ3) is 7.06. The van der Waals surface area contributed by atoms with E-state index in [9.17, 15) is 9.59 Å². The maximum Gasteiger partial charge on any atom is 1.00 e. The van der Waals surface area contributed by atoms with Gasteiger partial charge in [-0.2, -0.15) is 0 Å². The Morgan fingerprint density at radius 1 is 1.24 bits per heavy atom. The predicted octanol–water partition coefficient (Wildman–Crippen LogP) is -3.39. The first kappa shape index (κ1) is 23.7. The number of hydrogen-bond donors (Lipinski definition) is 2. The summed E-state index contributed by atoms with van der Waals surface area (Å²) in [6.45, 7) is 5.03. The number of aliphatic carboxylic acids is 2. The molecule has 0 heterocycles. The van der Waals surface area contributed by atoms with Gasteiger partial charge in [0.1, 0.15) is 0 Å². The van der Waals surface area contributed by atoms with E-state index >= 15 is 0 Å². The minimum Gasteiger partial charge on any atom is -1.00 e. The van der Waals surface area contributed by atoms with Crippen LogP contribution in [0.15, 0.2) is 0 Å². The van der Waals surface area contributed by atoms with Gasteiger partial charge in [0.15, 0.2) is 5.41 Å². The van der Waals surface area contributed by atoms with Crippen LogP contribution in [0.4, 0.5) is 0 Å². The van der Waals surface area contributed by atoms with E-state index in [1.54, 1.807) is 6.92 Å². The molecule has 0 aliphatic carbocycles. The van der Waals surface area contributed by atoms with Gasteiger partial charge in [0.25, 0.3) is 0 Å². The molecule has 0 fully saturated rings. The molecule has 0 aromatic heterocycles. The molecule has 0 saturated heterocycles. The molecule has 4 nitrogen and oxygen atoms in total. The van der Waals surface area contributed by atoms with E-state index in [2.05, 4.69) is 6.92 Å². The molecule has 0 aliphatic rings. The van der Waals surface area contributed by atoms with E-state index in [1.165, 1.54) is 6.92 Å². The SMILES string of the molecule is CCCCCC(C)C(C)(C(=O)O)C(=O)O.[H-].[H-].[K+].[Na+]. The minimum absolute atomic E-state index is 0. The van der Waals surface area contributed by atoms with Crippen LogP contribution in [0.5, 0.6) is 0 Å². The molecular weight excluding hydrogens is 258 g/mol. The molecule has 1 unspecified atom stereocenters. The molecule has 0 rings (SSSR count). The zero-order chi connectivity index (χ0) is 12.1. The fourth-order valence-electron chi connectivity index (χ4n) is 1.50. The van der Waals surface area contributed by atoms with Crippen LogP contribution in [0.3, 0.4) is 0 Å². The second-order valence-corrected chi connectivity index (χ2v) is 4.21. The van der Waals surface area contributed by atoms with Crippen molar-refractivity contribution in [2.75, 3.05) is 0 Å². The van der Waals surface area contributed by atoms with Gasteiger partial charge in [-0.25, -0.2) is 0 Å². The summed E-state index contributed by atoms with van der Waals surface area (Å²) in [5, 5.41) is 17.9. The number of carboxylic acids is 2. The monoisotopic (exact) mass is 280 g/mol. The van der Waals surface area contributed by atoms with Crippen LogP contribution >= 0.6 is 0 Å². The molecule has 0 spiro atoms. The van der Waals surface area contributed by atoms with Crippen molar-refractivity contribution in [2.45, 2.75) is 46.5 Å². The Morgan fingerprint density at radius 2 is 1.65 bits per heavy atom. The number of carbonyl (C=O) groups is 2. The smallest absolute Gasteiger partial charge is 1.00 e. The Labute approximate surface area is 171 Å². The van der Waals surface area contributed by atoms with Gasteiger partial charge in [0, 0.05) is 0 Å². The van der Waals surface area contributed by atoms with Gasteiger partial charge in [-0.1, -0.05) is 33.1 Å². The van der Waals surface area contributed by atoms with Crippen LogP contribution < -0.4 is 80.9 Å². The minimum atomic E-state index is -1.66. The zero-order valence-electron chi connectivity index (χ0n) is 13.6. The van der Waals surface area contributed by atoms with Crippen LogP contribution in [0, 0.1) is 11.3 Å². The summed E-state index contributed by atoms with van der Waals surface area (Å²) in [5.41, 5.74) is -1.66. The van der Waals surface area contributed by atoms with Gasteiger partial charge in [-0.15, -0.1) is 0 Å². The third-order valence-electron chi connectivity index (χ3n) is 3.11. The summed E-state index contributed by atoms with van der Waals surface area (Å²) in [6.07, 6.45) is 3.58. The van der Waals surface area contributed by atoms with Crippen molar-refractivity contribution in [2.24, 2.45) is 11.3 Å². The normalized spacial score (nSPS) is 11.9. The Kier molecular flexibility index (Phi) is 15.9. The molecule has 0 aromatic rings. The predicted molar refractivity (Wildman–Crippen MR) is 58.9 cm³/mol. The Hall–Kier alpha value is 1.58. The van der Waals surface area contributed by atoms with E-state index in [4.69, 9.17) is 10.2 Å². The number of unbranched alkanes of at least 4 members (excludes halogenated alkanes) is 2. The molecule has 0 aromatic carbocycles. The summed E-state index contributed by atoms with van der Waals surface area (Å²) < 4.78 is 0. The van der Waals surface area contributed by atoms with Gasteiger partial charge in [0.05, 0.1) is 0 Å².